The average molecular weight is 686 g/mol. The molecule has 0 saturated carbocycles. The highest BCUT2D eigenvalue weighted by atomic mass is 16.3. The molecule has 2 heteroatoms. The third kappa shape index (κ3) is 4.05. The molecule has 2 aromatic heterocycles. The molecule has 0 bridgehead atoms. The second kappa shape index (κ2) is 11.2. The van der Waals surface area contributed by atoms with Crippen molar-refractivity contribution in [3.05, 3.63) is 188 Å². The first-order valence-corrected chi connectivity index (χ1v) is 18.6. The molecule has 250 valence electrons. The van der Waals surface area contributed by atoms with Crippen LogP contribution in [0.15, 0.2) is 192 Å². The summed E-state index contributed by atoms with van der Waals surface area (Å²) >= 11 is 0. The van der Waals surface area contributed by atoms with Gasteiger partial charge < -0.3 is 8.98 Å². The Labute approximate surface area is 310 Å². The smallest absolute Gasteiger partial charge is 0.161 e. The van der Waals surface area contributed by atoms with E-state index in [0.717, 1.165) is 38.7 Å². The van der Waals surface area contributed by atoms with E-state index in [2.05, 4.69) is 193 Å². The van der Waals surface area contributed by atoms with Crippen LogP contribution in [0.4, 0.5) is 0 Å². The Morgan fingerprint density at radius 2 is 0.741 bits per heavy atom. The van der Waals surface area contributed by atoms with E-state index in [9.17, 15) is 0 Å². The molecule has 0 spiro atoms. The van der Waals surface area contributed by atoms with E-state index in [1.807, 2.05) is 0 Å². The molecule has 0 aliphatic carbocycles. The quantitative estimate of drug-likeness (QED) is 0.134. The summed E-state index contributed by atoms with van der Waals surface area (Å²) in [4.78, 5) is 0. The Balaban J connectivity index is 1.15. The van der Waals surface area contributed by atoms with Gasteiger partial charge in [0.1, 0.15) is 11.1 Å². The highest BCUT2D eigenvalue weighted by Crippen LogP contribution is 2.47. The van der Waals surface area contributed by atoms with Crippen LogP contribution < -0.4 is 0 Å². The van der Waals surface area contributed by atoms with E-state index in [1.165, 1.54) is 76.1 Å². The topological polar surface area (TPSA) is 18.1 Å². The molecule has 2 heterocycles. The summed E-state index contributed by atoms with van der Waals surface area (Å²) in [5.74, 6) is 0. The Morgan fingerprint density at radius 1 is 0.315 bits per heavy atom. The molecule has 12 rings (SSSR count). The zero-order chi connectivity index (χ0) is 35.3. The molecule has 54 heavy (non-hydrogen) atoms. The minimum atomic E-state index is 0.889. The molecule has 0 saturated heterocycles. The molecule has 0 N–H and O–H groups in total. The monoisotopic (exact) mass is 685 g/mol. The number of para-hydroxylation sites is 2. The Bertz CT molecular complexity index is 3400. The van der Waals surface area contributed by atoms with Crippen LogP contribution in [-0.2, 0) is 0 Å². The number of benzene rings is 10. The van der Waals surface area contributed by atoms with Gasteiger partial charge in [0.05, 0.1) is 5.52 Å². The largest absolute Gasteiger partial charge is 0.454 e. The SMILES string of the molecule is c1ccc(-n2c3ccccc3c3oc4ccc(-c5c6ccccc6c(-c6ccc7c8ccccc8c8ccccc8c7c6)c6ccccc56)cc4c32)cc1. The minimum absolute atomic E-state index is 0.889. The van der Waals surface area contributed by atoms with Crippen molar-refractivity contribution in [3.8, 4) is 27.9 Å². The van der Waals surface area contributed by atoms with Crippen molar-refractivity contribution in [1.29, 1.82) is 0 Å². The minimum Gasteiger partial charge on any atom is -0.454 e. The molecule has 0 radical (unpaired) electrons. The summed E-state index contributed by atoms with van der Waals surface area (Å²) in [6, 6.07) is 68.5. The van der Waals surface area contributed by atoms with E-state index in [0.29, 0.717) is 0 Å². The maximum atomic E-state index is 6.68. The summed E-state index contributed by atoms with van der Waals surface area (Å²) in [6.07, 6.45) is 0. The maximum absolute atomic E-state index is 6.68. The lowest BCUT2D eigenvalue weighted by atomic mass is 9.84. The van der Waals surface area contributed by atoms with Crippen molar-refractivity contribution in [2.45, 2.75) is 0 Å². The highest BCUT2D eigenvalue weighted by Gasteiger charge is 2.22. The van der Waals surface area contributed by atoms with Gasteiger partial charge in [-0.3, -0.25) is 0 Å². The van der Waals surface area contributed by atoms with Crippen LogP contribution in [0.3, 0.4) is 0 Å². The van der Waals surface area contributed by atoms with Crippen LogP contribution in [0.25, 0.3) is 115 Å². The van der Waals surface area contributed by atoms with Crippen LogP contribution in [0.1, 0.15) is 0 Å². The van der Waals surface area contributed by atoms with Crippen molar-refractivity contribution in [1.82, 2.24) is 4.57 Å². The lowest BCUT2D eigenvalue weighted by Gasteiger charge is -2.19. The van der Waals surface area contributed by atoms with Crippen LogP contribution in [0.5, 0.6) is 0 Å². The van der Waals surface area contributed by atoms with Crippen LogP contribution in [-0.4, -0.2) is 4.57 Å². The van der Waals surface area contributed by atoms with Gasteiger partial charge in [0.2, 0.25) is 0 Å². The highest BCUT2D eigenvalue weighted by molar-refractivity contribution is 6.27. The van der Waals surface area contributed by atoms with Crippen LogP contribution in [0.2, 0.25) is 0 Å². The third-order valence-corrected chi connectivity index (χ3v) is 11.5. The number of aromatic nitrogens is 1. The number of hydrogen-bond acceptors (Lipinski definition) is 1. The van der Waals surface area contributed by atoms with Gasteiger partial charge in [0.15, 0.2) is 5.58 Å². The van der Waals surface area contributed by atoms with E-state index in [4.69, 9.17) is 4.42 Å². The number of hydrogen-bond donors (Lipinski definition) is 0. The molecule has 0 aliphatic rings. The zero-order valence-electron chi connectivity index (χ0n) is 29.3. The molecule has 0 aliphatic heterocycles. The summed E-state index contributed by atoms with van der Waals surface area (Å²) in [5.41, 5.74) is 10.1. The normalized spacial score (nSPS) is 12.1. The van der Waals surface area contributed by atoms with Crippen LogP contribution >= 0.6 is 0 Å². The predicted molar refractivity (Wildman–Crippen MR) is 229 cm³/mol. The first-order chi connectivity index (χ1) is 26.8. The summed E-state index contributed by atoms with van der Waals surface area (Å²) in [6.45, 7) is 0. The van der Waals surface area contributed by atoms with Gasteiger partial charge in [0, 0.05) is 16.5 Å². The van der Waals surface area contributed by atoms with Gasteiger partial charge in [-0.05, 0) is 119 Å². The average Bonchev–Trinajstić information content (AvgIpc) is 3.77. The van der Waals surface area contributed by atoms with Gasteiger partial charge in [-0.1, -0.05) is 146 Å². The molecular weight excluding hydrogens is 655 g/mol. The van der Waals surface area contributed by atoms with Gasteiger partial charge in [-0.15, -0.1) is 0 Å². The lowest BCUT2D eigenvalue weighted by Crippen LogP contribution is -1.93. The Morgan fingerprint density at radius 3 is 1.31 bits per heavy atom. The molecular formula is C52H31NO. The molecule has 0 fully saturated rings. The first kappa shape index (κ1) is 29.4. The van der Waals surface area contributed by atoms with Crippen molar-refractivity contribution in [2.75, 3.05) is 0 Å². The third-order valence-electron chi connectivity index (χ3n) is 11.5. The number of fused-ring (bicyclic) bond motifs is 13. The van der Waals surface area contributed by atoms with Gasteiger partial charge in [-0.2, -0.15) is 0 Å². The standard InChI is InChI=1S/C52H31NO/c1-2-14-34(15-3-1)53-47-25-13-12-24-44(47)52-51(53)46-31-33(27-29-48(46)54-52)50-42-22-10-8-20-40(42)49(41-21-9-11-23-43(41)50)32-26-28-39-37-18-5-4-16-35(37)36-17-6-7-19-38(36)45(39)30-32/h1-31H. The van der Waals surface area contributed by atoms with Gasteiger partial charge in [0.25, 0.3) is 0 Å². The maximum Gasteiger partial charge on any atom is 0.161 e. The predicted octanol–water partition coefficient (Wildman–Crippen LogP) is 14.6. The Hall–Kier alpha value is -7.16. The molecule has 12 aromatic rings. The number of rotatable bonds is 3. The van der Waals surface area contributed by atoms with Crippen molar-refractivity contribution < 1.29 is 4.42 Å². The summed E-state index contributed by atoms with van der Waals surface area (Å²) in [7, 11) is 0. The second-order valence-corrected chi connectivity index (χ2v) is 14.4. The fourth-order valence-electron chi connectivity index (χ4n) is 9.28. The summed E-state index contributed by atoms with van der Waals surface area (Å²) in [5, 5.41) is 14.9. The van der Waals surface area contributed by atoms with Crippen molar-refractivity contribution in [2.24, 2.45) is 0 Å². The van der Waals surface area contributed by atoms with E-state index >= 15 is 0 Å². The Kier molecular flexibility index (Phi) is 6.09. The lowest BCUT2D eigenvalue weighted by molar-refractivity contribution is 0.673. The van der Waals surface area contributed by atoms with E-state index in [1.54, 1.807) is 0 Å². The summed E-state index contributed by atoms with van der Waals surface area (Å²) < 4.78 is 9.04. The van der Waals surface area contributed by atoms with E-state index < -0.39 is 0 Å². The van der Waals surface area contributed by atoms with E-state index in [-0.39, 0.29) is 0 Å². The van der Waals surface area contributed by atoms with Crippen molar-refractivity contribution >= 4 is 86.8 Å². The zero-order valence-corrected chi connectivity index (χ0v) is 29.3. The van der Waals surface area contributed by atoms with Crippen molar-refractivity contribution in [3.63, 3.8) is 0 Å². The van der Waals surface area contributed by atoms with Gasteiger partial charge >= 0.3 is 0 Å². The molecule has 2 nitrogen and oxygen atoms in total. The van der Waals surface area contributed by atoms with Crippen LogP contribution in [0, 0.1) is 0 Å². The second-order valence-electron chi connectivity index (χ2n) is 14.4. The fourth-order valence-corrected chi connectivity index (χ4v) is 9.28. The fraction of sp³-hybridized carbons (Fsp3) is 0. The first-order valence-electron chi connectivity index (χ1n) is 18.6. The molecule has 0 atom stereocenters. The number of furan rings is 1. The molecule has 0 amide bonds. The van der Waals surface area contributed by atoms with Gasteiger partial charge in [-0.25, -0.2) is 0 Å². The number of nitrogens with zero attached hydrogens (tertiary/aromatic N) is 1. The molecule has 0 unspecified atom stereocenters. The molecule has 10 aromatic carbocycles.